The number of benzene rings is 2. The molecule has 3 atom stereocenters. The maximum Gasteiger partial charge on any atom is 0.231 e. The van der Waals surface area contributed by atoms with Crippen LogP contribution in [-0.2, 0) is 6.42 Å². The van der Waals surface area contributed by atoms with E-state index in [1.165, 1.54) is 0 Å². The number of H-pyrrole nitrogens is 1. The number of alkyl halides is 1. The smallest absolute Gasteiger partial charge is 0.231 e. The SMILES string of the molecule is C[C@H](NCCCNC(=N)N)c1ccc(N2C=c3cc(-c4cc(CCC[C@@H](N)CF)cc(Cl)c4F)[nH]c3=NC2O)cc1. The van der Waals surface area contributed by atoms with Gasteiger partial charge in [0.25, 0.3) is 0 Å². The van der Waals surface area contributed by atoms with Gasteiger partial charge in [0, 0.05) is 41.3 Å². The monoisotopic (exact) mass is 586 g/mol. The number of aromatic nitrogens is 1. The number of hydrogen-bond acceptors (Lipinski definition) is 6. The molecule has 9 nitrogen and oxygen atoms in total. The summed E-state index contributed by atoms with van der Waals surface area (Å²) in [7, 11) is 0. The number of nitrogens with one attached hydrogen (secondary N) is 4. The van der Waals surface area contributed by atoms with E-state index in [1.54, 1.807) is 29.3 Å². The van der Waals surface area contributed by atoms with E-state index in [-0.39, 0.29) is 17.0 Å². The van der Waals surface area contributed by atoms with Gasteiger partial charge in [-0.1, -0.05) is 23.7 Å². The zero-order valence-electron chi connectivity index (χ0n) is 22.9. The molecule has 12 heteroatoms. The van der Waals surface area contributed by atoms with Crippen molar-refractivity contribution >= 4 is 29.4 Å². The number of nitrogens with zero attached hydrogens (tertiary/aromatic N) is 2. The quantitative estimate of drug-likeness (QED) is 0.0929. The van der Waals surface area contributed by atoms with Crippen molar-refractivity contribution in [1.82, 2.24) is 15.6 Å². The third kappa shape index (κ3) is 7.82. The summed E-state index contributed by atoms with van der Waals surface area (Å²) >= 11 is 6.21. The summed E-state index contributed by atoms with van der Waals surface area (Å²) in [5.41, 5.74) is 14.8. The predicted octanol–water partition coefficient (Wildman–Crippen LogP) is 2.77. The van der Waals surface area contributed by atoms with Gasteiger partial charge in [0.1, 0.15) is 12.2 Å². The number of rotatable bonds is 13. The molecule has 0 saturated carbocycles. The zero-order chi connectivity index (χ0) is 29.5. The largest absolute Gasteiger partial charge is 0.370 e. The van der Waals surface area contributed by atoms with Crippen molar-refractivity contribution in [3.8, 4) is 11.3 Å². The van der Waals surface area contributed by atoms with Crippen molar-refractivity contribution in [1.29, 1.82) is 5.41 Å². The second-order valence-electron chi connectivity index (χ2n) is 10.2. The molecule has 0 aliphatic carbocycles. The maximum atomic E-state index is 15.1. The Hall–Kier alpha value is -3.51. The van der Waals surface area contributed by atoms with E-state index in [0.717, 1.165) is 29.8 Å². The number of aromatic amines is 1. The molecule has 41 heavy (non-hydrogen) atoms. The Morgan fingerprint density at radius 2 is 1.98 bits per heavy atom. The Labute approximate surface area is 242 Å². The van der Waals surface area contributed by atoms with Crippen LogP contribution >= 0.6 is 11.6 Å². The number of anilines is 1. The van der Waals surface area contributed by atoms with E-state index in [9.17, 15) is 9.50 Å². The molecule has 2 aromatic carbocycles. The molecule has 0 saturated heterocycles. The second-order valence-corrected chi connectivity index (χ2v) is 10.6. The molecule has 220 valence electrons. The van der Waals surface area contributed by atoms with E-state index >= 15 is 4.39 Å². The fourth-order valence-corrected chi connectivity index (χ4v) is 4.97. The van der Waals surface area contributed by atoms with Crippen molar-refractivity contribution in [2.45, 2.75) is 51.0 Å². The van der Waals surface area contributed by atoms with Crippen LogP contribution in [0.5, 0.6) is 0 Å². The van der Waals surface area contributed by atoms with Gasteiger partial charge in [-0.25, -0.2) is 13.8 Å². The van der Waals surface area contributed by atoms with Crippen LogP contribution in [0, 0.1) is 11.2 Å². The van der Waals surface area contributed by atoms with Crippen molar-refractivity contribution in [3.05, 3.63) is 75.1 Å². The molecule has 4 rings (SSSR count). The summed E-state index contributed by atoms with van der Waals surface area (Å²) in [6.07, 6.45) is 3.21. The molecule has 0 spiro atoms. The van der Waals surface area contributed by atoms with Gasteiger partial charge >= 0.3 is 0 Å². The summed E-state index contributed by atoms with van der Waals surface area (Å²) in [5, 5.41) is 24.9. The summed E-state index contributed by atoms with van der Waals surface area (Å²) in [4.78, 5) is 9.13. The minimum Gasteiger partial charge on any atom is -0.370 e. The minimum absolute atomic E-state index is 0.000947. The van der Waals surface area contributed by atoms with Crippen molar-refractivity contribution in [2.75, 3.05) is 24.7 Å². The van der Waals surface area contributed by atoms with Gasteiger partial charge in [0.05, 0.1) is 10.7 Å². The number of guanidine groups is 1. The van der Waals surface area contributed by atoms with Crippen LogP contribution < -0.4 is 37.7 Å². The van der Waals surface area contributed by atoms with Crippen LogP contribution in [0.4, 0.5) is 14.5 Å². The van der Waals surface area contributed by atoms with Gasteiger partial charge < -0.3 is 37.1 Å². The highest BCUT2D eigenvalue weighted by molar-refractivity contribution is 6.31. The lowest BCUT2D eigenvalue weighted by molar-refractivity contribution is 0.186. The predicted molar refractivity (Wildman–Crippen MR) is 159 cm³/mol. The number of aliphatic hydroxyl groups excluding tert-OH is 1. The standard InChI is InChI=1S/C29H37ClF2N8O/c1-17(36-10-3-11-37-28(34)35)19-6-8-22(9-7-19)40-16-20-14-25(38-27(20)39-29(40)41)23-12-18(13-24(30)26(23)32)4-2-5-21(33)15-31/h6-9,12-14,16-17,21,29,36,41H,2-5,10-11,15,33H2,1H3,(H,38,39)(H4,34,35,37)/t17-,21+,29?/m0/s1. The lowest BCUT2D eigenvalue weighted by atomic mass is 10.0. The number of nitrogens with two attached hydrogens (primary N) is 2. The van der Waals surface area contributed by atoms with Crippen LogP contribution in [0.2, 0.25) is 5.02 Å². The number of halogens is 3. The van der Waals surface area contributed by atoms with E-state index < -0.39 is 24.9 Å². The Kier molecular flexibility index (Phi) is 10.3. The highest BCUT2D eigenvalue weighted by Crippen LogP contribution is 2.29. The minimum atomic E-state index is -1.16. The molecular weight excluding hydrogens is 550 g/mol. The molecule has 0 bridgehead atoms. The molecule has 1 aliphatic rings. The van der Waals surface area contributed by atoms with Gasteiger partial charge in [0.2, 0.25) is 6.35 Å². The molecule has 0 amide bonds. The Balaban J connectivity index is 1.48. The molecule has 1 aliphatic heterocycles. The van der Waals surface area contributed by atoms with Gasteiger partial charge in [-0.2, -0.15) is 0 Å². The average Bonchev–Trinajstić information content (AvgIpc) is 3.36. The molecule has 3 aromatic rings. The third-order valence-electron chi connectivity index (χ3n) is 7.03. The highest BCUT2D eigenvalue weighted by Gasteiger charge is 2.20. The number of fused-ring (bicyclic) bond motifs is 1. The first-order valence-corrected chi connectivity index (χ1v) is 14.0. The Morgan fingerprint density at radius 1 is 1.22 bits per heavy atom. The van der Waals surface area contributed by atoms with Gasteiger partial charge in [0.15, 0.2) is 11.8 Å². The molecule has 0 radical (unpaired) electrons. The molecular formula is C29H37ClF2N8O. The first-order chi connectivity index (χ1) is 19.7. The van der Waals surface area contributed by atoms with E-state index in [1.807, 2.05) is 24.3 Å². The average molecular weight is 587 g/mol. The number of hydrogen-bond donors (Lipinski definition) is 7. The zero-order valence-corrected chi connectivity index (χ0v) is 23.7. The highest BCUT2D eigenvalue weighted by atomic mass is 35.5. The Morgan fingerprint density at radius 3 is 2.68 bits per heavy atom. The van der Waals surface area contributed by atoms with Crippen LogP contribution in [-0.4, -0.2) is 48.2 Å². The van der Waals surface area contributed by atoms with Crippen molar-refractivity contribution < 1.29 is 13.9 Å². The topological polar surface area (TPSA) is 152 Å². The summed E-state index contributed by atoms with van der Waals surface area (Å²) in [5.74, 6) is -0.588. The second kappa shape index (κ2) is 13.9. The number of aryl methyl sites for hydroxylation is 1. The fourth-order valence-electron chi connectivity index (χ4n) is 4.73. The first-order valence-electron chi connectivity index (χ1n) is 13.6. The molecule has 0 fully saturated rings. The van der Waals surface area contributed by atoms with E-state index in [0.29, 0.717) is 47.8 Å². The fraction of sp³-hybridized carbons (Fsp3) is 0.379. The number of aliphatic hydroxyl groups is 1. The lowest BCUT2D eigenvalue weighted by Gasteiger charge is -2.25. The van der Waals surface area contributed by atoms with Crippen molar-refractivity contribution in [2.24, 2.45) is 16.5 Å². The van der Waals surface area contributed by atoms with Crippen LogP contribution in [0.15, 0.2) is 47.5 Å². The summed E-state index contributed by atoms with van der Waals surface area (Å²) in [6, 6.07) is 12.5. The Bertz CT molecular complexity index is 1460. The molecule has 9 N–H and O–H groups in total. The maximum absolute atomic E-state index is 15.1. The normalized spacial score (nSPS) is 16.0. The van der Waals surface area contributed by atoms with E-state index in [4.69, 9.17) is 28.5 Å². The summed E-state index contributed by atoms with van der Waals surface area (Å²) in [6.45, 7) is 2.89. The van der Waals surface area contributed by atoms with Gasteiger partial charge in [-0.3, -0.25) is 5.41 Å². The summed E-state index contributed by atoms with van der Waals surface area (Å²) < 4.78 is 27.7. The van der Waals surface area contributed by atoms with Crippen LogP contribution in [0.3, 0.4) is 0 Å². The first kappa shape index (κ1) is 30.4. The third-order valence-corrected chi connectivity index (χ3v) is 7.30. The molecule has 1 aromatic heterocycles. The van der Waals surface area contributed by atoms with Gasteiger partial charge in [-0.05, 0) is 80.6 Å². The van der Waals surface area contributed by atoms with E-state index in [2.05, 4.69) is 27.5 Å². The van der Waals surface area contributed by atoms with Crippen LogP contribution in [0.25, 0.3) is 17.5 Å². The van der Waals surface area contributed by atoms with Gasteiger partial charge in [-0.15, -0.1) is 0 Å². The van der Waals surface area contributed by atoms with Crippen molar-refractivity contribution in [3.63, 3.8) is 0 Å². The molecule has 2 heterocycles. The molecule has 1 unspecified atom stereocenters. The van der Waals surface area contributed by atoms with Crippen LogP contribution in [0.1, 0.15) is 43.4 Å². The lowest BCUT2D eigenvalue weighted by Crippen LogP contribution is -2.41.